The van der Waals surface area contributed by atoms with E-state index in [1.165, 1.54) is 11.3 Å². The number of fused-ring (bicyclic) bond motifs is 1. The number of ether oxygens (including phenoxy) is 3. The van der Waals surface area contributed by atoms with Crippen LogP contribution in [0.25, 0.3) is 11.8 Å². The van der Waals surface area contributed by atoms with E-state index in [0.717, 1.165) is 35.1 Å². The number of benzene rings is 4. The molecule has 0 saturated carbocycles. The van der Waals surface area contributed by atoms with Crippen LogP contribution in [0.5, 0.6) is 11.5 Å². The number of hydrogen-bond acceptors (Lipinski definition) is 7. The van der Waals surface area contributed by atoms with Gasteiger partial charge < -0.3 is 14.2 Å². The van der Waals surface area contributed by atoms with Crippen molar-refractivity contribution < 1.29 is 19.0 Å². The van der Waals surface area contributed by atoms with Crippen molar-refractivity contribution in [3.63, 3.8) is 0 Å². The van der Waals surface area contributed by atoms with Crippen molar-refractivity contribution in [2.75, 3.05) is 13.2 Å². The minimum Gasteiger partial charge on any atom is -0.494 e. The van der Waals surface area contributed by atoms with Gasteiger partial charge in [0.25, 0.3) is 5.56 Å². The van der Waals surface area contributed by atoms with E-state index < -0.39 is 12.0 Å². The van der Waals surface area contributed by atoms with Crippen molar-refractivity contribution in [2.24, 2.45) is 4.99 Å². The molecule has 1 aromatic heterocycles. The molecule has 0 spiro atoms. The van der Waals surface area contributed by atoms with Crippen LogP contribution in [0.3, 0.4) is 0 Å². The second-order valence-corrected chi connectivity index (χ2v) is 14.4. The van der Waals surface area contributed by atoms with Gasteiger partial charge in [-0.05, 0) is 118 Å². The Morgan fingerprint density at radius 1 is 0.938 bits per heavy atom. The lowest BCUT2D eigenvalue weighted by molar-refractivity contribution is -0.138. The molecule has 7 nitrogen and oxygen atoms in total. The van der Waals surface area contributed by atoms with Crippen LogP contribution in [0.4, 0.5) is 0 Å². The minimum absolute atomic E-state index is 0.182. The van der Waals surface area contributed by atoms with Gasteiger partial charge in [0.15, 0.2) is 4.80 Å². The molecule has 1 aliphatic rings. The van der Waals surface area contributed by atoms with Crippen molar-refractivity contribution >= 4 is 85.9 Å². The first-order valence-electron chi connectivity index (χ1n) is 15.1. The summed E-state index contributed by atoms with van der Waals surface area (Å²) in [6, 6.07) is 27.7. The maximum Gasteiger partial charge on any atom is 0.338 e. The fraction of sp³-hybridized carbons (Fsp3) is 0.162. The summed E-state index contributed by atoms with van der Waals surface area (Å²) in [5, 5.41) is 0.678. The van der Waals surface area contributed by atoms with E-state index in [1.807, 2.05) is 104 Å². The lowest BCUT2D eigenvalue weighted by atomic mass is 9.93. The summed E-state index contributed by atoms with van der Waals surface area (Å²) in [4.78, 5) is 33.4. The van der Waals surface area contributed by atoms with Gasteiger partial charge in [0.1, 0.15) is 18.1 Å². The number of nitrogens with zero attached hydrogens (tertiary/aromatic N) is 2. The van der Waals surface area contributed by atoms with E-state index in [0.29, 0.717) is 44.6 Å². The molecule has 1 aliphatic heterocycles. The van der Waals surface area contributed by atoms with Gasteiger partial charge in [-0.25, -0.2) is 9.79 Å². The van der Waals surface area contributed by atoms with Gasteiger partial charge in [-0.3, -0.25) is 9.36 Å². The first-order valence-corrected chi connectivity index (χ1v) is 18.5. The predicted octanol–water partition coefficient (Wildman–Crippen LogP) is 7.78. The zero-order valence-corrected chi connectivity index (χ0v) is 31.8. The molecule has 0 unspecified atom stereocenters. The quantitative estimate of drug-likeness (QED) is 0.106. The third-order valence-electron chi connectivity index (χ3n) is 7.50. The summed E-state index contributed by atoms with van der Waals surface area (Å²) in [5.41, 5.74) is 3.88. The predicted molar refractivity (Wildman–Crippen MR) is 206 cm³/mol. The van der Waals surface area contributed by atoms with Crippen LogP contribution >= 0.6 is 68.1 Å². The van der Waals surface area contributed by atoms with Gasteiger partial charge in [0.05, 0.1) is 42.2 Å². The first kappa shape index (κ1) is 34.4. The van der Waals surface area contributed by atoms with Crippen LogP contribution < -0.4 is 24.4 Å². The summed E-state index contributed by atoms with van der Waals surface area (Å²) < 4.78 is 21.3. The van der Waals surface area contributed by atoms with Crippen LogP contribution in [-0.4, -0.2) is 23.8 Å². The number of halogens is 3. The molecule has 6 rings (SSSR count). The van der Waals surface area contributed by atoms with E-state index >= 15 is 0 Å². The van der Waals surface area contributed by atoms with Crippen molar-refractivity contribution in [3.05, 3.63) is 151 Å². The van der Waals surface area contributed by atoms with Gasteiger partial charge >= 0.3 is 5.97 Å². The Balaban J connectivity index is 1.47. The SMILES string of the molecule is CCOC(=O)C1=C(c2ccccc2)N=c2s/c(=C\c3cc(I)c(OCc4ccc(Cl)cc4)c(I)c3)c(=O)n2[C@H]1c1ccc(OCC)cc1. The van der Waals surface area contributed by atoms with Gasteiger partial charge in [-0.2, -0.15) is 0 Å². The molecule has 2 heterocycles. The maximum absolute atomic E-state index is 14.3. The zero-order chi connectivity index (χ0) is 33.8. The number of hydrogen-bond donors (Lipinski definition) is 0. The van der Waals surface area contributed by atoms with E-state index in [4.69, 9.17) is 30.8 Å². The summed E-state index contributed by atoms with van der Waals surface area (Å²) in [5.74, 6) is 0.946. The molecule has 4 aromatic carbocycles. The third kappa shape index (κ3) is 7.41. The molecule has 0 saturated heterocycles. The average molecular weight is 903 g/mol. The highest BCUT2D eigenvalue weighted by molar-refractivity contribution is 14.1. The number of esters is 1. The van der Waals surface area contributed by atoms with Gasteiger partial charge in [-0.15, -0.1) is 0 Å². The van der Waals surface area contributed by atoms with Gasteiger partial charge in [0.2, 0.25) is 0 Å². The molecule has 0 aliphatic carbocycles. The molecule has 244 valence electrons. The fourth-order valence-corrected chi connectivity index (χ4v) is 8.61. The van der Waals surface area contributed by atoms with E-state index in [-0.39, 0.29) is 12.2 Å². The number of aromatic nitrogens is 1. The molecule has 11 heteroatoms. The maximum atomic E-state index is 14.3. The molecular weight excluding hydrogens is 874 g/mol. The summed E-state index contributed by atoms with van der Waals surface area (Å²) >= 11 is 11.8. The average Bonchev–Trinajstić information content (AvgIpc) is 3.39. The standard InChI is InChI=1S/C37H29ClI2N2O5S/c1-3-45-27-16-12-25(13-17-27)33-31(36(44)46-4-2)32(24-8-6-5-7-9-24)41-37-42(33)35(43)30(48-37)20-23-18-28(39)34(29(40)19-23)47-21-22-10-14-26(38)15-11-22/h5-20,33H,3-4,21H2,1-2H3/b30-20-/t33-/m0/s1. The number of rotatable bonds is 10. The van der Waals surface area contributed by atoms with Crippen molar-refractivity contribution in [3.8, 4) is 11.5 Å². The van der Waals surface area contributed by atoms with Crippen molar-refractivity contribution in [1.29, 1.82) is 0 Å². The molecule has 0 amide bonds. The molecule has 1 atom stereocenters. The first-order chi connectivity index (χ1) is 23.3. The van der Waals surface area contributed by atoms with Gasteiger partial charge in [-0.1, -0.05) is 77.5 Å². The minimum atomic E-state index is -0.766. The second kappa shape index (κ2) is 15.4. The zero-order valence-electron chi connectivity index (χ0n) is 25.9. The topological polar surface area (TPSA) is 79.1 Å². The largest absolute Gasteiger partial charge is 0.494 e. The molecular formula is C37H29ClI2N2O5S. The van der Waals surface area contributed by atoms with Crippen molar-refractivity contribution in [2.45, 2.75) is 26.5 Å². The highest BCUT2D eigenvalue weighted by Gasteiger charge is 2.35. The van der Waals surface area contributed by atoms with Crippen LogP contribution in [0.1, 0.15) is 42.1 Å². The third-order valence-corrected chi connectivity index (χ3v) is 10.3. The van der Waals surface area contributed by atoms with Gasteiger partial charge in [0, 0.05) is 10.6 Å². The molecule has 0 N–H and O–H groups in total. The lowest BCUT2D eigenvalue weighted by Crippen LogP contribution is -2.40. The lowest BCUT2D eigenvalue weighted by Gasteiger charge is -2.26. The van der Waals surface area contributed by atoms with Crippen molar-refractivity contribution in [1.82, 2.24) is 4.57 Å². The van der Waals surface area contributed by atoms with E-state index in [9.17, 15) is 9.59 Å². The number of carbonyl (C=O) groups is 1. The molecule has 48 heavy (non-hydrogen) atoms. The Hall–Kier alpha value is -3.46. The van der Waals surface area contributed by atoms with Crippen LogP contribution in [-0.2, 0) is 16.1 Å². The molecule has 0 fully saturated rings. The van der Waals surface area contributed by atoms with Crippen LogP contribution in [0.2, 0.25) is 5.02 Å². The monoisotopic (exact) mass is 902 g/mol. The summed E-state index contributed by atoms with van der Waals surface area (Å²) in [6.07, 6.45) is 1.86. The molecule has 0 radical (unpaired) electrons. The van der Waals surface area contributed by atoms with Crippen LogP contribution in [0, 0.1) is 7.14 Å². The Bertz CT molecular complexity index is 2160. The highest BCUT2D eigenvalue weighted by Crippen LogP contribution is 2.36. The number of carbonyl (C=O) groups excluding carboxylic acids is 1. The fourth-order valence-electron chi connectivity index (χ4n) is 5.36. The highest BCUT2D eigenvalue weighted by atomic mass is 127. The van der Waals surface area contributed by atoms with E-state index in [1.54, 1.807) is 11.5 Å². The Kier molecular flexibility index (Phi) is 11.0. The molecule has 5 aromatic rings. The normalized spacial score (nSPS) is 14.4. The van der Waals surface area contributed by atoms with Crippen LogP contribution in [0.15, 0.2) is 106 Å². The number of thiazole rings is 1. The second-order valence-electron chi connectivity index (χ2n) is 10.7. The smallest absolute Gasteiger partial charge is 0.338 e. The summed E-state index contributed by atoms with van der Waals surface area (Å²) in [7, 11) is 0. The molecule has 0 bridgehead atoms. The Morgan fingerprint density at radius 3 is 2.27 bits per heavy atom. The Morgan fingerprint density at radius 2 is 1.62 bits per heavy atom. The van der Waals surface area contributed by atoms with E-state index in [2.05, 4.69) is 45.2 Å². The summed E-state index contributed by atoms with van der Waals surface area (Å²) in [6.45, 7) is 4.79. The Labute approximate surface area is 313 Å².